The molecule has 0 saturated carbocycles. The van der Waals surface area contributed by atoms with Gasteiger partial charge >= 0.3 is 0 Å². The lowest BCUT2D eigenvalue weighted by Gasteiger charge is -2.10. The highest BCUT2D eigenvalue weighted by atomic mass is 16.3. The molecule has 0 bridgehead atoms. The Bertz CT molecular complexity index is 368. The van der Waals surface area contributed by atoms with Gasteiger partial charge in [0.1, 0.15) is 5.75 Å². The highest BCUT2D eigenvalue weighted by Crippen LogP contribution is 2.11. The summed E-state index contributed by atoms with van der Waals surface area (Å²) >= 11 is 0. The van der Waals surface area contributed by atoms with E-state index in [1.807, 2.05) is 0 Å². The van der Waals surface area contributed by atoms with Crippen molar-refractivity contribution < 1.29 is 9.90 Å². The van der Waals surface area contributed by atoms with E-state index in [0.29, 0.717) is 12.0 Å². The fraction of sp³-hybridized carbons (Fsp3) is 0.250. The van der Waals surface area contributed by atoms with Crippen molar-refractivity contribution in [2.75, 3.05) is 0 Å². The van der Waals surface area contributed by atoms with Crippen molar-refractivity contribution in [1.82, 2.24) is 0 Å². The SMILES string of the molecule is C=C(C)C(=O)C(N)Cc1ccc(O)cc1. The Balaban J connectivity index is 2.66. The molecule has 1 rings (SSSR count). The molecule has 0 aliphatic carbocycles. The Morgan fingerprint density at radius 1 is 1.47 bits per heavy atom. The number of phenols is 1. The summed E-state index contributed by atoms with van der Waals surface area (Å²) < 4.78 is 0. The Kier molecular flexibility index (Phi) is 3.63. The van der Waals surface area contributed by atoms with Gasteiger partial charge in [0, 0.05) is 0 Å². The lowest BCUT2D eigenvalue weighted by atomic mass is 10.00. The number of rotatable bonds is 4. The largest absolute Gasteiger partial charge is 0.508 e. The van der Waals surface area contributed by atoms with Gasteiger partial charge < -0.3 is 10.8 Å². The summed E-state index contributed by atoms with van der Waals surface area (Å²) in [4.78, 5) is 11.4. The normalized spacial score (nSPS) is 12.1. The molecule has 3 heteroatoms. The van der Waals surface area contributed by atoms with Gasteiger partial charge in [0.05, 0.1) is 6.04 Å². The average Bonchev–Trinajstić information content (AvgIpc) is 2.20. The molecular formula is C12H15NO2. The molecule has 3 nitrogen and oxygen atoms in total. The van der Waals surface area contributed by atoms with Crippen molar-refractivity contribution >= 4 is 5.78 Å². The van der Waals surface area contributed by atoms with Crippen LogP contribution in [-0.4, -0.2) is 16.9 Å². The zero-order chi connectivity index (χ0) is 11.4. The minimum absolute atomic E-state index is 0.122. The first kappa shape index (κ1) is 11.5. The first-order valence-electron chi connectivity index (χ1n) is 4.74. The lowest BCUT2D eigenvalue weighted by Crippen LogP contribution is -2.33. The fourth-order valence-corrected chi connectivity index (χ4v) is 1.30. The number of aromatic hydroxyl groups is 1. The van der Waals surface area contributed by atoms with E-state index < -0.39 is 6.04 Å². The summed E-state index contributed by atoms with van der Waals surface area (Å²) in [7, 11) is 0. The van der Waals surface area contributed by atoms with Crippen molar-refractivity contribution in [2.45, 2.75) is 19.4 Å². The number of hydrogen-bond acceptors (Lipinski definition) is 3. The molecule has 0 saturated heterocycles. The van der Waals surface area contributed by atoms with E-state index in [2.05, 4.69) is 6.58 Å². The van der Waals surface area contributed by atoms with E-state index in [1.54, 1.807) is 31.2 Å². The Morgan fingerprint density at radius 2 is 2.00 bits per heavy atom. The summed E-state index contributed by atoms with van der Waals surface area (Å²) in [5, 5.41) is 9.08. The molecule has 0 amide bonds. The molecule has 0 radical (unpaired) electrons. The number of ketones is 1. The van der Waals surface area contributed by atoms with Gasteiger partial charge in [0.2, 0.25) is 0 Å². The minimum Gasteiger partial charge on any atom is -0.508 e. The molecular weight excluding hydrogens is 190 g/mol. The van der Waals surface area contributed by atoms with Crippen LogP contribution in [0.2, 0.25) is 0 Å². The van der Waals surface area contributed by atoms with Crippen molar-refractivity contribution in [3.63, 3.8) is 0 Å². The molecule has 0 fully saturated rings. The molecule has 0 aliphatic rings. The van der Waals surface area contributed by atoms with Crippen molar-refractivity contribution in [1.29, 1.82) is 0 Å². The minimum atomic E-state index is -0.549. The van der Waals surface area contributed by atoms with Crippen LogP contribution in [0.15, 0.2) is 36.4 Å². The van der Waals surface area contributed by atoms with E-state index in [9.17, 15) is 4.79 Å². The zero-order valence-electron chi connectivity index (χ0n) is 8.73. The third-order valence-electron chi connectivity index (χ3n) is 2.15. The van der Waals surface area contributed by atoms with Crippen LogP contribution >= 0.6 is 0 Å². The maximum Gasteiger partial charge on any atom is 0.174 e. The Morgan fingerprint density at radius 3 is 2.47 bits per heavy atom. The van der Waals surface area contributed by atoms with Gasteiger partial charge in [-0.05, 0) is 36.6 Å². The molecule has 0 spiro atoms. The molecule has 0 aromatic heterocycles. The average molecular weight is 205 g/mol. The smallest absolute Gasteiger partial charge is 0.174 e. The maximum absolute atomic E-state index is 11.4. The van der Waals surface area contributed by atoms with Gasteiger partial charge in [-0.2, -0.15) is 0 Å². The second-order valence-electron chi connectivity index (χ2n) is 3.62. The number of carbonyl (C=O) groups is 1. The lowest BCUT2D eigenvalue weighted by molar-refractivity contribution is -0.116. The summed E-state index contributed by atoms with van der Waals surface area (Å²) in [5.41, 5.74) is 7.11. The first-order chi connectivity index (χ1) is 7.00. The second kappa shape index (κ2) is 4.75. The third-order valence-corrected chi connectivity index (χ3v) is 2.15. The van der Waals surface area contributed by atoms with Crippen LogP contribution in [0.1, 0.15) is 12.5 Å². The van der Waals surface area contributed by atoms with Crippen LogP contribution in [0, 0.1) is 0 Å². The maximum atomic E-state index is 11.4. The van der Waals surface area contributed by atoms with E-state index in [-0.39, 0.29) is 11.5 Å². The van der Waals surface area contributed by atoms with Crippen molar-refractivity contribution in [3.8, 4) is 5.75 Å². The van der Waals surface area contributed by atoms with E-state index in [0.717, 1.165) is 5.56 Å². The molecule has 1 aromatic carbocycles. The van der Waals surface area contributed by atoms with Crippen LogP contribution < -0.4 is 5.73 Å². The van der Waals surface area contributed by atoms with Gasteiger partial charge in [0.15, 0.2) is 5.78 Å². The molecule has 80 valence electrons. The number of phenolic OH excluding ortho intramolecular Hbond substituents is 1. The number of nitrogens with two attached hydrogens (primary N) is 1. The van der Waals surface area contributed by atoms with Gasteiger partial charge in [0.25, 0.3) is 0 Å². The summed E-state index contributed by atoms with van der Waals surface area (Å²) in [6.45, 7) is 5.21. The van der Waals surface area contributed by atoms with Gasteiger partial charge in [-0.1, -0.05) is 18.7 Å². The zero-order valence-corrected chi connectivity index (χ0v) is 8.73. The van der Waals surface area contributed by atoms with Crippen LogP contribution in [-0.2, 0) is 11.2 Å². The van der Waals surface area contributed by atoms with E-state index >= 15 is 0 Å². The van der Waals surface area contributed by atoms with Crippen molar-refractivity contribution in [3.05, 3.63) is 42.0 Å². The van der Waals surface area contributed by atoms with Crippen LogP contribution in [0.3, 0.4) is 0 Å². The quantitative estimate of drug-likeness (QED) is 0.730. The molecule has 0 aliphatic heterocycles. The topological polar surface area (TPSA) is 63.3 Å². The Hall–Kier alpha value is -1.61. The highest BCUT2D eigenvalue weighted by Gasteiger charge is 2.14. The molecule has 0 heterocycles. The van der Waals surface area contributed by atoms with Crippen molar-refractivity contribution in [2.24, 2.45) is 5.73 Å². The fourth-order valence-electron chi connectivity index (χ4n) is 1.30. The predicted octanol–water partition coefficient (Wildman–Crippen LogP) is 1.41. The summed E-state index contributed by atoms with van der Waals surface area (Å²) in [6.07, 6.45) is 0.464. The molecule has 3 N–H and O–H groups in total. The summed E-state index contributed by atoms with van der Waals surface area (Å²) in [6, 6.07) is 6.11. The molecule has 1 unspecified atom stereocenters. The van der Waals surface area contributed by atoms with Gasteiger partial charge in [-0.15, -0.1) is 0 Å². The van der Waals surface area contributed by atoms with E-state index in [1.165, 1.54) is 0 Å². The van der Waals surface area contributed by atoms with Crippen LogP contribution in [0.4, 0.5) is 0 Å². The third kappa shape index (κ3) is 3.22. The number of hydrogen-bond donors (Lipinski definition) is 2. The number of carbonyl (C=O) groups excluding carboxylic acids is 1. The van der Waals surface area contributed by atoms with Gasteiger partial charge in [-0.3, -0.25) is 4.79 Å². The Labute approximate surface area is 89.2 Å². The van der Waals surface area contributed by atoms with Crippen LogP contribution in [0.5, 0.6) is 5.75 Å². The molecule has 1 aromatic rings. The van der Waals surface area contributed by atoms with Crippen LogP contribution in [0.25, 0.3) is 0 Å². The number of benzene rings is 1. The first-order valence-corrected chi connectivity index (χ1v) is 4.74. The highest BCUT2D eigenvalue weighted by molar-refractivity contribution is 5.98. The van der Waals surface area contributed by atoms with Gasteiger partial charge in [-0.25, -0.2) is 0 Å². The number of Topliss-reactive ketones (excluding diaryl/α,β-unsaturated/α-hetero) is 1. The standard InChI is InChI=1S/C12H15NO2/c1-8(2)12(15)11(13)7-9-3-5-10(14)6-4-9/h3-6,11,14H,1,7,13H2,2H3. The second-order valence-corrected chi connectivity index (χ2v) is 3.62. The monoisotopic (exact) mass is 205 g/mol. The van der Waals surface area contributed by atoms with E-state index in [4.69, 9.17) is 10.8 Å². The molecule has 15 heavy (non-hydrogen) atoms. The predicted molar refractivity (Wildman–Crippen MR) is 59.6 cm³/mol. The molecule has 1 atom stereocenters. The summed E-state index contributed by atoms with van der Waals surface area (Å²) in [5.74, 6) is 0.0848.